The molecule has 0 fully saturated rings. The number of thiol groups is 1. The van der Waals surface area contributed by atoms with Crippen LogP contribution in [0.5, 0.6) is 0 Å². The van der Waals surface area contributed by atoms with Gasteiger partial charge in [0.05, 0.1) is 0 Å². The molecular weight excluding hydrogens is 112 g/mol. The molecule has 0 atom stereocenters. The highest BCUT2D eigenvalue weighted by molar-refractivity contribution is 7.80. The highest BCUT2D eigenvalue weighted by atomic mass is 32.1. The molecule has 6 heavy (non-hydrogen) atoms. The summed E-state index contributed by atoms with van der Waals surface area (Å²) in [7, 11) is 2.86. The Kier molecular flexibility index (Phi) is 6.01. The second-order valence-electron chi connectivity index (χ2n) is 0.926. The predicted molar refractivity (Wildman–Crippen MR) is 30.2 cm³/mol. The maximum absolute atomic E-state index is 4.54. The van der Waals surface area contributed by atoms with E-state index in [1.54, 1.807) is 0 Å². The van der Waals surface area contributed by atoms with E-state index in [1.165, 1.54) is 0 Å². The minimum atomic E-state index is 0.750. The summed E-state index contributed by atoms with van der Waals surface area (Å²) in [6.45, 7) is 0.750. The van der Waals surface area contributed by atoms with Gasteiger partial charge in [0.15, 0.2) is 0 Å². The Labute approximate surface area is 47.0 Å². The first-order valence-corrected chi connectivity index (χ1v) is 2.85. The lowest BCUT2D eigenvalue weighted by molar-refractivity contribution is 0.351. The van der Waals surface area contributed by atoms with Crippen LogP contribution in [0.2, 0.25) is 0 Å². The molecule has 0 aliphatic carbocycles. The average molecular weight is 119 g/mol. The van der Waals surface area contributed by atoms with Crippen LogP contribution in [0.3, 0.4) is 0 Å². The van der Waals surface area contributed by atoms with Gasteiger partial charge in [-0.1, -0.05) is 0 Å². The molecule has 0 aliphatic rings. The van der Waals surface area contributed by atoms with Crippen molar-refractivity contribution >= 4 is 23.1 Å². The predicted octanol–water partition coefficient (Wildman–Crippen LogP) is 0.406. The van der Waals surface area contributed by atoms with Gasteiger partial charge in [-0.2, -0.15) is 12.6 Å². The standard InChI is InChI=1S/C3H7OSSi/c5-3-1-2-4-6/h5H,1-3H2. The van der Waals surface area contributed by atoms with Crippen LogP contribution >= 0.6 is 12.6 Å². The summed E-state index contributed by atoms with van der Waals surface area (Å²) in [6, 6.07) is 0. The van der Waals surface area contributed by atoms with E-state index in [-0.39, 0.29) is 0 Å². The van der Waals surface area contributed by atoms with E-state index in [1.807, 2.05) is 0 Å². The van der Waals surface area contributed by atoms with Crippen LogP contribution in [-0.4, -0.2) is 22.8 Å². The van der Waals surface area contributed by atoms with E-state index >= 15 is 0 Å². The Balaban J connectivity index is 2.34. The van der Waals surface area contributed by atoms with E-state index in [2.05, 4.69) is 27.5 Å². The van der Waals surface area contributed by atoms with Gasteiger partial charge in [-0.3, -0.25) is 0 Å². The fourth-order valence-corrected chi connectivity index (χ4v) is 0.410. The summed E-state index contributed by atoms with van der Waals surface area (Å²) in [4.78, 5) is 0. The molecule has 0 rings (SSSR count). The lowest BCUT2D eigenvalue weighted by Gasteiger charge is -1.88. The van der Waals surface area contributed by atoms with Gasteiger partial charge in [0.25, 0.3) is 0 Å². The molecule has 0 aliphatic heterocycles. The summed E-state index contributed by atoms with van der Waals surface area (Å²) in [5.41, 5.74) is 0. The van der Waals surface area contributed by atoms with E-state index in [4.69, 9.17) is 0 Å². The van der Waals surface area contributed by atoms with Crippen LogP contribution in [0.25, 0.3) is 0 Å². The maximum atomic E-state index is 4.54. The first kappa shape index (κ1) is 6.53. The number of hydrogen-bond acceptors (Lipinski definition) is 2. The Morgan fingerprint density at radius 1 is 1.67 bits per heavy atom. The smallest absolute Gasteiger partial charge is 0.246 e. The zero-order valence-electron chi connectivity index (χ0n) is 3.48. The summed E-state index contributed by atoms with van der Waals surface area (Å²) in [6.07, 6.45) is 1.01. The molecule has 0 amide bonds. The molecule has 0 aromatic rings. The molecule has 0 aromatic heterocycles. The van der Waals surface area contributed by atoms with Crippen molar-refractivity contribution < 1.29 is 4.43 Å². The van der Waals surface area contributed by atoms with E-state index in [0.717, 1.165) is 18.8 Å². The van der Waals surface area contributed by atoms with Crippen LogP contribution in [0, 0.1) is 0 Å². The molecule has 0 aromatic carbocycles. The molecule has 35 valence electrons. The minimum absolute atomic E-state index is 0.750. The monoisotopic (exact) mass is 119 g/mol. The molecule has 3 heteroatoms. The Hall–Kier alpha value is 0.527. The van der Waals surface area contributed by atoms with Gasteiger partial charge in [-0.15, -0.1) is 0 Å². The van der Waals surface area contributed by atoms with Crippen molar-refractivity contribution in [2.45, 2.75) is 6.42 Å². The minimum Gasteiger partial charge on any atom is -0.419 e. The first-order valence-electron chi connectivity index (χ1n) is 1.81. The van der Waals surface area contributed by atoms with Gasteiger partial charge in [-0.25, -0.2) is 0 Å². The van der Waals surface area contributed by atoms with Gasteiger partial charge >= 0.3 is 0 Å². The van der Waals surface area contributed by atoms with Crippen LogP contribution in [0.4, 0.5) is 0 Å². The fourth-order valence-electron chi connectivity index (χ4n) is 0.137. The van der Waals surface area contributed by atoms with E-state index in [9.17, 15) is 0 Å². The molecule has 3 radical (unpaired) electrons. The van der Waals surface area contributed by atoms with Crippen molar-refractivity contribution in [1.82, 2.24) is 0 Å². The second kappa shape index (κ2) is 5.53. The quantitative estimate of drug-likeness (QED) is 0.321. The van der Waals surface area contributed by atoms with E-state index in [0.29, 0.717) is 0 Å². The van der Waals surface area contributed by atoms with Crippen molar-refractivity contribution in [3.63, 3.8) is 0 Å². The molecule has 0 N–H and O–H groups in total. The summed E-state index contributed by atoms with van der Waals surface area (Å²) in [5.74, 6) is 0.893. The molecule has 0 heterocycles. The summed E-state index contributed by atoms with van der Waals surface area (Å²) in [5, 5.41) is 0. The first-order chi connectivity index (χ1) is 2.91. The van der Waals surface area contributed by atoms with Crippen LogP contribution in [-0.2, 0) is 4.43 Å². The zero-order valence-corrected chi connectivity index (χ0v) is 5.37. The van der Waals surface area contributed by atoms with Crippen LogP contribution in [0.1, 0.15) is 6.42 Å². The normalized spacial score (nSPS) is 9.00. The van der Waals surface area contributed by atoms with Gasteiger partial charge in [0.2, 0.25) is 10.5 Å². The second-order valence-corrected chi connectivity index (χ2v) is 1.66. The molecule has 0 unspecified atom stereocenters. The largest absolute Gasteiger partial charge is 0.419 e. The summed E-state index contributed by atoms with van der Waals surface area (Å²) < 4.78 is 4.54. The van der Waals surface area contributed by atoms with Gasteiger partial charge in [0, 0.05) is 6.61 Å². The molecular formula is C3H7OSSi. The molecule has 0 bridgehead atoms. The summed E-state index contributed by atoms with van der Waals surface area (Å²) >= 11 is 3.95. The number of rotatable bonds is 3. The molecule has 1 nitrogen and oxygen atoms in total. The Morgan fingerprint density at radius 2 is 2.33 bits per heavy atom. The lowest BCUT2D eigenvalue weighted by atomic mass is 10.5. The third kappa shape index (κ3) is 4.53. The van der Waals surface area contributed by atoms with Crippen LogP contribution in [0.15, 0.2) is 0 Å². The van der Waals surface area contributed by atoms with E-state index < -0.39 is 0 Å². The van der Waals surface area contributed by atoms with Crippen molar-refractivity contribution in [3.05, 3.63) is 0 Å². The van der Waals surface area contributed by atoms with Gasteiger partial charge in [-0.05, 0) is 12.2 Å². The third-order valence-corrected chi connectivity index (χ3v) is 0.925. The van der Waals surface area contributed by atoms with Crippen molar-refractivity contribution in [2.75, 3.05) is 12.4 Å². The zero-order chi connectivity index (χ0) is 4.83. The fraction of sp³-hybridized carbons (Fsp3) is 1.00. The van der Waals surface area contributed by atoms with Gasteiger partial charge in [0.1, 0.15) is 0 Å². The van der Waals surface area contributed by atoms with Crippen molar-refractivity contribution in [1.29, 1.82) is 0 Å². The molecule has 0 saturated carbocycles. The Morgan fingerprint density at radius 3 is 2.50 bits per heavy atom. The van der Waals surface area contributed by atoms with Crippen molar-refractivity contribution in [3.8, 4) is 0 Å². The highest BCUT2D eigenvalue weighted by Crippen LogP contribution is 1.80. The molecule has 0 saturated heterocycles. The van der Waals surface area contributed by atoms with Gasteiger partial charge < -0.3 is 4.43 Å². The van der Waals surface area contributed by atoms with Crippen molar-refractivity contribution in [2.24, 2.45) is 0 Å². The average Bonchev–Trinajstić information content (AvgIpc) is 1.61. The Bertz CT molecular complexity index is 22.8. The third-order valence-electron chi connectivity index (χ3n) is 0.405. The highest BCUT2D eigenvalue weighted by Gasteiger charge is 1.75. The lowest BCUT2D eigenvalue weighted by Crippen LogP contribution is -1.88. The topological polar surface area (TPSA) is 9.23 Å². The molecule has 0 spiro atoms. The van der Waals surface area contributed by atoms with Crippen LogP contribution < -0.4 is 0 Å². The SMILES string of the molecule is [Si]OCCCS. The number of hydrogen-bond donors (Lipinski definition) is 1. The maximum Gasteiger partial charge on any atom is 0.246 e.